The number of carbonyl (C=O) groups is 1. The summed E-state index contributed by atoms with van der Waals surface area (Å²) in [6.45, 7) is 0.0885. The second-order valence-corrected chi connectivity index (χ2v) is 5.65. The molecule has 0 saturated heterocycles. The Hall–Kier alpha value is -3.42. The first-order valence-corrected chi connectivity index (χ1v) is 7.78. The van der Waals surface area contributed by atoms with E-state index in [0.29, 0.717) is 23.5 Å². The van der Waals surface area contributed by atoms with Gasteiger partial charge in [0.2, 0.25) is 6.79 Å². The predicted molar refractivity (Wildman–Crippen MR) is 87.2 cm³/mol. The van der Waals surface area contributed by atoms with E-state index in [-0.39, 0.29) is 29.6 Å². The number of fused-ring (bicyclic) bond motifs is 1. The van der Waals surface area contributed by atoms with Crippen LogP contribution in [-0.2, 0) is 6.18 Å². The van der Waals surface area contributed by atoms with Crippen LogP contribution < -0.4 is 14.2 Å². The molecule has 0 bridgehead atoms. The molecule has 1 aliphatic rings. The van der Waals surface area contributed by atoms with E-state index in [4.69, 9.17) is 18.6 Å². The fourth-order valence-corrected chi connectivity index (χ4v) is 2.62. The Morgan fingerprint density at radius 3 is 2.52 bits per heavy atom. The van der Waals surface area contributed by atoms with Crippen molar-refractivity contribution in [2.75, 3.05) is 6.79 Å². The maximum absolute atomic E-state index is 13.1. The highest BCUT2D eigenvalue weighted by Crippen LogP contribution is 2.41. The SMILES string of the molecule is O=Cc1ccc(-c2cc(C(F)(F)F)ccc2Oc2ccc3c(c2)OCO3)o1. The van der Waals surface area contributed by atoms with Crippen molar-refractivity contribution >= 4 is 6.29 Å². The van der Waals surface area contributed by atoms with Crippen molar-refractivity contribution in [1.82, 2.24) is 0 Å². The van der Waals surface area contributed by atoms with Crippen LogP contribution in [0.5, 0.6) is 23.0 Å². The highest BCUT2D eigenvalue weighted by molar-refractivity contribution is 5.75. The number of alkyl halides is 3. The molecule has 0 N–H and O–H groups in total. The fraction of sp³-hybridized carbons (Fsp3) is 0.105. The highest BCUT2D eigenvalue weighted by Gasteiger charge is 2.32. The van der Waals surface area contributed by atoms with Gasteiger partial charge in [0.25, 0.3) is 0 Å². The van der Waals surface area contributed by atoms with Gasteiger partial charge in [-0.1, -0.05) is 0 Å². The number of hydrogen-bond acceptors (Lipinski definition) is 5. The molecule has 2 aromatic carbocycles. The molecule has 0 spiro atoms. The molecule has 27 heavy (non-hydrogen) atoms. The van der Waals surface area contributed by atoms with Gasteiger partial charge in [-0.25, -0.2) is 0 Å². The zero-order valence-corrected chi connectivity index (χ0v) is 13.6. The van der Waals surface area contributed by atoms with Crippen LogP contribution in [0.4, 0.5) is 13.2 Å². The van der Waals surface area contributed by atoms with Crippen LogP contribution in [0.15, 0.2) is 52.9 Å². The van der Waals surface area contributed by atoms with Gasteiger partial charge in [-0.15, -0.1) is 0 Å². The maximum atomic E-state index is 13.1. The lowest BCUT2D eigenvalue weighted by Crippen LogP contribution is -2.05. The van der Waals surface area contributed by atoms with Crippen LogP contribution in [0.1, 0.15) is 16.1 Å². The lowest BCUT2D eigenvalue weighted by atomic mass is 10.1. The zero-order valence-electron chi connectivity index (χ0n) is 13.6. The van der Waals surface area contributed by atoms with Crippen LogP contribution in [0.25, 0.3) is 11.3 Å². The molecule has 2 heterocycles. The topological polar surface area (TPSA) is 57.9 Å². The van der Waals surface area contributed by atoms with Gasteiger partial charge in [0.15, 0.2) is 23.5 Å². The van der Waals surface area contributed by atoms with Crippen LogP contribution in [-0.4, -0.2) is 13.1 Å². The second-order valence-electron chi connectivity index (χ2n) is 5.65. The van der Waals surface area contributed by atoms with Gasteiger partial charge in [0.05, 0.1) is 11.1 Å². The Kier molecular flexibility index (Phi) is 4.02. The molecule has 138 valence electrons. The van der Waals surface area contributed by atoms with Crippen LogP contribution in [0.2, 0.25) is 0 Å². The minimum absolute atomic E-state index is 0.00330. The largest absolute Gasteiger partial charge is 0.456 e. The van der Waals surface area contributed by atoms with Gasteiger partial charge < -0.3 is 18.6 Å². The van der Waals surface area contributed by atoms with Crippen molar-refractivity contribution in [3.63, 3.8) is 0 Å². The van der Waals surface area contributed by atoms with E-state index >= 15 is 0 Å². The van der Waals surface area contributed by atoms with Crippen molar-refractivity contribution in [2.24, 2.45) is 0 Å². The van der Waals surface area contributed by atoms with E-state index in [1.165, 1.54) is 18.2 Å². The van der Waals surface area contributed by atoms with Crippen molar-refractivity contribution in [3.8, 4) is 34.3 Å². The number of hydrogen-bond donors (Lipinski definition) is 0. The molecule has 0 radical (unpaired) electrons. The molecule has 5 nitrogen and oxygen atoms in total. The van der Waals surface area contributed by atoms with E-state index in [0.717, 1.165) is 12.1 Å². The summed E-state index contributed by atoms with van der Waals surface area (Å²) in [5, 5.41) is 0. The molecule has 4 rings (SSSR count). The highest BCUT2D eigenvalue weighted by atomic mass is 19.4. The van der Waals surface area contributed by atoms with Crippen LogP contribution in [0, 0.1) is 0 Å². The second kappa shape index (κ2) is 6.39. The van der Waals surface area contributed by atoms with Gasteiger partial charge >= 0.3 is 6.18 Å². The number of halogens is 3. The standard InChI is InChI=1S/C19H11F3O5/c20-19(21,22)11-1-4-15(14(7-11)16-5-3-13(9-23)27-16)26-12-2-6-17-18(8-12)25-10-24-17/h1-9H,10H2. The summed E-state index contributed by atoms with van der Waals surface area (Å²) in [6.07, 6.45) is -4.07. The van der Waals surface area contributed by atoms with Gasteiger partial charge in [-0.2, -0.15) is 13.2 Å². The number of rotatable bonds is 4. The van der Waals surface area contributed by atoms with Crippen LogP contribution >= 0.6 is 0 Å². The molecule has 1 aromatic heterocycles. The summed E-state index contributed by atoms with van der Waals surface area (Å²) in [7, 11) is 0. The summed E-state index contributed by atoms with van der Waals surface area (Å²) in [4.78, 5) is 10.8. The van der Waals surface area contributed by atoms with Gasteiger partial charge in [-0.05, 0) is 42.5 Å². The number of carbonyl (C=O) groups excluding carboxylic acids is 1. The third-order valence-electron chi connectivity index (χ3n) is 3.89. The Morgan fingerprint density at radius 1 is 0.963 bits per heavy atom. The third-order valence-corrected chi connectivity index (χ3v) is 3.89. The Balaban J connectivity index is 1.76. The molecule has 0 amide bonds. The lowest BCUT2D eigenvalue weighted by Gasteiger charge is -2.13. The molecule has 1 aliphatic heterocycles. The monoisotopic (exact) mass is 376 g/mol. The minimum atomic E-state index is -4.54. The molecular formula is C19H11F3O5. The summed E-state index contributed by atoms with van der Waals surface area (Å²) in [6, 6.07) is 10.6. The van der Waals surface area contributed by atoms with E-state index in [1.807, 2.05) is 0 Å². The van der Waals surface area contributed by atoms with E-state index in [9.17, 15) is 18.0 Å². The molecule has 0 atom stereocenters. The Morgan fingerprint density at radius 2 is 1.78 bits per heavy atom. The number of furan rings is 1. The number of ether oxygens (including phenoxy) is 3. The Bertz CT molecular complexity index is 1010. The van der Waals surface area contributed by atoms with Crippen molar-refractivity contribution in [3.05, 3.63) is 59.9 Å². The van der Waals surface area contributed by atoms with E-state index in [2.05, 4.69) is 0 Å². The van der Waals surface area contributed by atoms with Crippen molar-refractivity contribution < 1.29 is 36.6 Å². The first kappa shape index (κ1) is 17.0. The fourth-order valence-electron chi connectivity index (χ4n) is 2.62. The summed E-state index contributed by atoms with van der Waals surface area (Å²) >= 11 is 0. The van der Waals surface area contributed by atoms with Gasteiger partial charge in [0.1, 0.15) is 17.3 Å². The smallest absolute Gasteiger partial charge is 0.416 e. The molecule has 0 aliphatic carbocycles. The lowest BCUT2D eigenvalue weighted by molar-refractivity contribution is -0.137. The first-order chi connectivity index (χ1) is 12.9. The zero-order chi connectivity index (χ0) is 19.0. The summed E-state index contributed by atoms with van der Waals surface area (Å²) in [5.74, 6) is 1.59. The van der Waals surface area contributed by atoms with E-state index < -0.39 is 11.7 Å². The summed E-state index contributed by atoms with van der Waals surface area (Å²) in [5.41, 5.74) is -0.796. The predicted octanol–water partition coefficient (Wildman–Crippen LogP) is 5.30. The Labute approximate surface area is 150 Å². The molecule has 0 saturated carbocycles. The third kappa shape index (κ3) is 3.33. The number of aldehydes is 1. The molecular weight excluding hydrogens is 365 g/mol. The van der Waals surface area contributed by atoms with Crippen molar-refractivity contribution in [1.29, 1.82) is 0 Å². The van der Waals surface area contributed by atoms with Crippen molar-refractivity contribution in [2.45, 2.75) is 6.18 Å². The van der Waals surface area contributed by atoms with E-state index in [1.54, 1.807) is 18.2 Å². The first-order valence-electron chi connectivity index (χ1n) is 7.78. The average molecular weight is 376 g/mol. The van der Waals surface area contributed by atoms with Gasteiger partial charge in [0, 0.05) is 6.07 Å². The average Bonchev–Trinajstić information content (AvgIpc) is 3.30. The summed E-state index contributed by atoms with van der Waals surface area (Å²) < 4.78 is 60.8. The quantitative estimate of drug-likeness (QED) is 0.579. The molecule has 3 aromatic rings. The normalized spacial score (nSPS) is 12.9. The molecule has 0 fully saturated rings. The minimum Gasteiger partial charge on any atom is -0.456 e. The molecule has 8 heteroatoms. The van der Waals surface area contributed by atoms with Gasteiger partial charge in [-0.3, -0.25) is 4.79 Å². The maximum Gasteiger partial charge on any atom is 0.416 e. The number of benzene rings is 2. The molecule has 0 unspecified atom stereocenters. The van der Waals surface area contributed by atoms with Crippen LogP contribution in [0.3, 0.4) is 0 Å².